The van der Waals surface area contributed by atoms with Crippen LogP contribution in [0.4, 0.5) is 5.69 Å². The fourth-order valence-corrected chi connectivity index (χ4v) is 2.93. The van der Waals surface area contributed by atoms with Gasteiger partial charge in [-0.1, -0.05) is 96.3 Å². The van der Waals surface area contributed by atoms with E-state index in [1.807, 2.05) is 0 Å². The molecule has 0 heterocycles. The fourth-order valence-electron chi connectivity index (χ4n) is 2.93. The van der Waals surface area contributed by atoms with Crippen molar-refractivity contribution in [2.45, 2.75) is 90.9 Å². The molecule has 24 heavy (non-hydrogen) atoms. The third-order valence-corrected chi connectivity index (χ3v) is 4.50. The minimum absolute atomic E-state index is 0.842. The van der Waals surface area contributed by atoms with E-state index in [4.69, 9.17) is 4.84 Å². The number of unbranched alkanes of at least 4 members (excludes halogenated alkanes) is 10. The van der Waals surface area contributed by atoms with Crippen molar-refractivity contribution >= 4 is 5.69 Å². The van der Waals surface area contributed by atoms with Crippen LogP contribution in [-0.2, 0) is 4.84 Å². The van der Waals surface area contributed by atoms with E-state index in [1.165, 1.54) is 82.7 Å². The van der Waals surface area contributed by atoms with Crippen molar-refractivity contribution in [3.8, 4) is 0 Å². The Balaban J connectivity index is 2.04. The largest absolute Gasteiger partial charge is 0.273 e. The van der Waals surface area contributed by atoms with Crippen LogP contribution in [0.5, 0.6) is 0 Å². The van der Waals surface area contributed by atoms with Crippen LogP contribution in [0.25, 0.3) is 0 Å². The Morgan fingerprint density at radius 3 is 1.79 bits per heavy atom. The summed E-state index contributed by atoms with van der Waals surface area (Å²) in [6, 6.07) is 10.5. The predicted octanol–water partition coefficient (Wildman–Crippen LogP) is 7.15. The van der Waals surface area contributed by atoms with Gasteiger partial charge in [0.15, 0.2) is 0 Å². The van der Waals surface area contributed by atoms with Crippen molar-refractivity contribution in [1.29, 1.82) is 0 Å². The minimum Gasteiger partial charge on any atom is -0.273 e. The molecule has 0 radical (unpaired) electrons. The summed E-state index contributed by atoms with van der Waals surface area (Å²) in [5.41, 5.74) is 1.18. The molecule has 0 unspecified atom stereocenters. The van der Waals surface area contributed by atoms with Gasteiger partial charge in [-0.15, -0.1) is 0 Å². The van der Waals surface area contributed by atoms with Crippen LogP contribution in [0.15, 0.2) is 30.3 Å². The Morgan fingerprint density at radius 2 is 1.21 bits per heavy atom. The van der Waals surface area contributed by atoms with E-state index in [-0.39, 0.29) is 0 Å². The Bertz CT molecular complexity index is 365. The van der Waals surface area contributed by atoms with Crippen LogP contribution in [-0.4, -0.2) is 13.2 Å². The van der Waals surface area contributed by atoms with Crippen molar-refractivity contribution in [1.82, 2.24) is 0 Å². The lowest BCUT2D eigenvalue weighted by Crippen LogP contribution is -2.25. The zero-order valence-electron chi connectivity index (χ0n) is 16.1. The van der Waals surface area contributed by atoms with Gasteiger partial charge in [-0.3, -0.25) is 9.90 Å². The third-order valence-electron chi connectivity index (χ3n) is 4.50. The summed E-state index contributed by atoms with van der Waals surface area (Å²) >= 11 is 0. The second-order valence-electron chi connectivity index (χ2n) is 6.81. The second-order valence-corrected chi connectivity index (χ2v) is 6.81. The maximum absolute atomic E-state index is 6.04. The standard InChI is InChI=1S/C22H39NO/c1-3-5-7-8-9-10-11-12-13-17-21-24-23(20-6-4-2)22-18-15-14-16-19-22/h14-16,18-19H,3-13,17,20-21H2,1-2H3. The van der Waals surface area contributed by atoms with Crippen LogP contribution < -0.4 is 5.06 Å². The first-order chi connectivity index (χ1) is 11.9. The molecule has 1 rings (SSSR count). The molecule has 2 nitrogen and oxygen atoms in total. The quantitative estimate of drug-likeness (QED) is 0.235. The highest BCUT2D eigenvalue weighted by molar-refractivity contribution is 5.43. The molecule has 0 bridgehead atoms. The van der Waals surface area contributed by atoms with Crippen LogP contribution in [0.2, 0.25) is 0 Å². The molecule has 1 aromatic rings. The van der Waals surface area contributed by atoms with E-state index in [0.717, 1.165) is 13.2 Å². The van der Waals surface area contributed by atoms with Crippen molar-refractivity contribution in [2.75, 3.05) is 18.2 Å². The molecule has 0 fully saturated rings. The average molecular weight is 334 g/mol. The molecule has 0 atom stereocenters. The highest BCUT2D eigenvalue weighted by Crippen LogP contribution is 2.16. The van der Waals surface area contributed by atoms with Crippen LogP contribution in [0.3, 0.4) is 0 Å². The van der Waals surface area contributed by atoms with Crippen LogP contribution in [0, 0.1) is 0 Å². The molecule has 0 aliphatic rings. The fraction of sp³-hybridized carbons (Fsp3) is 0.727. The first kappa shape index (κ1) is 21.0. The molecule has 0 spiro atoms. The number of anilines is 1. The summed E-state index contributed by atoms with van der Waals surface area (Å²) in [6.45, 7) is 6.34. The van der Waals surface area contributed by atoms with E-state index < -0.39 is 0 Å². The number of benzene rings is 1. The lowest BCUT2D eigenvalue weighted by atomic mass is 10.1. The number of nitrogens with zero attached hydrogens (tertiary/aromatic N) is 1. The monoisotopic (exact) mass is 333 g/mol. The van der Waals surface area contributed by atoms with Gasteiger partial charge < -0.3 is 0 Å². The highest BCUT2D eigenvalue weighted by Gasteiger charge is 2.05. The van der Waals surface area contributed by atoms with E-state index in [1.54, 1.807) is 0 Å². The van der Waals surface area contributed by atoms with Gasteiger partial charge in [0.05, 0.1) is 12.3 Å². The number of hydrogen-bond donors (Lipinski definition) is 0. The smallest absolute Gasteiger partial charge is 0.0748 e. The normalized spacial score (nSPS) is 10.9. The molecule has 0 N–H and O–H groups in total. The molecule has 2 heteroatoms. The lowest BCUT2D eigenvalue weighted by molar-refractivity contribution is 0.103. The Labute approximate surface area is 150 Å². The van der Waals surface area contributed by atoms with Gasteiger partial charge in [0.1, 0.15) is 0 Å². The summed E-state index contributed by atoms with van der Waals surface area (Å²) in [4.78, 5) is 6.04. The second kappa shape index (κ2) is 15.5. The van der Waals surface area contributed by atoms with Gasteiger partial charge in [0.25, 0.3) is 0 Å². The van der Waals surface area contributed by atoms with Crippen molar-refractivity contribution in [3.63, 3.8) is 0 Å². The van der Waals surface area contributed by atoms with E-state index >= 15 is 0 Å². The Kier molecular flexibility index (Phi) is 13.6. The maximum atomic E-state index is 6.04. The zero-order valence-corrected chi connectivity index (χ0v) is 16.1. The van der Waals surface area contributed by atoms with Crippen molar-refractivity contribution in [3.05, 3.63) is 30.3 Å². The average Bonchev–Trinajstić information content (AvgIpc) is 2.63. The third kappa shape index (κ3) is 10.7. The van der Waals surface area contributed by atoms with Gasteiger partial charge >= 0.3 is 0 Å². The van der Waals surface area contributed by atoms with Crippen LogP contribution >= 0.6 is 0 Å². The van der Waals surface area contributed by atoms with Crippen LogP contribution in [0.1, 0.15) is 90.9 Å². The van der Waals surface area contributed by atoms with Crippen molar-refractivity contribution < 1.29 is 4.84 Å². The number of rotatable bonds is 16. The zero-order chi connectivity index (χ0) is 17.3. The Hall–Kier alpha value is -1.02. The van der Waals surface area contributed by atoms with E-state index in [9.17, 15) is 0 Å². The van der Waals surface area contributed by atoms with E-state index in [0.29, 0.717) is 0 Å². The first-order valence-corrected chi connectivity index (χ1v) is 10.3. The molecule has 0 saturated heterocycles. The number of hydroxylamine groups is 1. The molecular formula is C22H39NO. The lowest BCUT2D eigenvalue weighted by Gasteiger charge is -2.23. The van der Waals surface area contributed by atoms with Gasteiger partial charge in [-0.2, -0.15) is 0 Å². The highest BCUT2D eigenvalue weighted by atomic mass is 16.7. The molecule has 0 aromatic heterocycles. The summed E-state index contributed by atoms with van der Waals surface area (Å²) in [5.74, 6) is 0. The molecule has 0 aliphatic carbocycles. The van der Waals surface area contributed by atoms with Gasteiger partial charge in [0, 0.05) is 6.54 Å². The molecule has 0 aliphatic heterocycles. The summed E-state index contributed by atoms with van der Waals surface area (Å²) in [6.07, 6.45) is 16.0. The Morgan fingerprint density at radius 1 is 0.667 bits per heavy atom. The van der Waals surface area contributed by atoms with Gasteiger partial charge in [-0.25, -0.2) is 0 Å². The predicted molar refractivity (Wildman–Crippen MR) is 106 cm³/mol. The maximum Gasteiger partial charge on any atom is 0.0748 e. The summed E-state index contributed by atoms with van der Waals surface area (Å²) in [7, 11) is 0. The minimum atomic E-state index is 0.842. The van der Waals surface area contributed by atoms with E-state index in [2.05, 4.69) is 49.2 Å². The molecule has 138 valence electrons. The topological polar surface area (TPSA) is 12.5 Å². The molecule has 0 amide bonds. The number of hydrogen-bond acceptors (Lipinski definition) is 2. The van der Waals surface area contributed by atoms with Gasteiger partial charge in [0.2, 0.25) is 0 Å². The molecule has 1 aromatic carbocycles. The van der Waals surface area contributed by atoms with Gasteiger partial charge in [-0.05, 0) is 25.0 Å². The van der Waals surface area contributed by atoms with Crippen molar-refractivity contribution in [2.24, 2.45) is 0 Å². The SMILES string of the molecule is CCCCCCCCCCCCON(CCCC)c1ccccc1. The first-order valence-electron chi connectivity index (χ1n) is 10.3. The molecule has 0 saturated carbocycles. The number of para-hydroxylation sites is 1. The summed E-state index contributed by atoms with van der Waals surface area (Å²) in [5, 5.41) is 2.08. The molecular weight excluding hydrogens is 294 g/mol. The summed E-state index contributed by atoms with van der Waals surface area (Å²) < 4.78 is 0.